The Morgan fingerprint density at radius 2 is 0.491 bits per heavy atom. The number of aliphatic hydroxyl groups is 1. The van der Waals surface area contributed by atoms with E-state index in [9.17, 15) is 43.2 Å². The van der Waals surface area contributed by atoms with Crippen molar-refractivity contribution in [2.75, 3.05) is 39.6 Å². The predicted octanol–water partition coefficient (Wildman–Crippen LogP) is 25.3. The Hall–Kier alpha value is -5.58. The largest absolute Gasteiger partial charge is 0.472 e. The third kappa shape index (κ3) is 80.5. The molecule has 0 fully saturated rings. The number of phosphoric ester groups is 2. The van der Waals surface area contributed by atoms with E-state index >= 15 is 0 Å². The molecule has 5 unspecified atom stereocenters. The van der Waals surface area contributed by atoms with Crippen LogP contribution in [0.1, 0.15) is 323 Å². The fourth-order valence-corrected chi connectivity index (χ4v) is 12.5. The smallest absolute Gasteiger partial charge is 0.462 e. The van der Waals surface area contributed by atoms with Gasteiger partial charge in [0.25, 0.3) is 0 Å². The van der Waals surface area contributed by atoms with Crippen molar-refractivity contribution in [1.82, 2.24) is 0 Å². The van der Waals surface area contributed by atoms with Gasteiger partial charge in [-0.2, -0.15) is 0 Å². The molecule has 0 bridgehead atoms. The highest BCUT2D eigenvalue weighted by Crippen LogP contribution is 2.45. The summed E-state index contributed by atoms with van der Waals surface area (Å²) in [5.41, 5.74) is 0. The van der Waals surface area contributed by atoms with E-state index in [2.05, 4.69) is 180 Å². The lowest BCUT2D eigenvalue weighted by molar-refractivity contribution is -0.161. The Labute approximate surface area is 667 Å². The van der Waals surface area contributed by atoms with Gasteiger partial charge in [-0.25, -0.2) is 9.13 Å². The lowest BCUT2D eigenvalue weighted by atomic mass is 10.0. The first kappa shape index (κ1) is 104. The van der Waals surface area contributed by atoms with Crippen LogP contribution in [0.15, 0.2) is 170 Å². The van der Waals surface area contributed by atoms with Crippen molar-refractivity contribution in [3.05, 3.63) is 170 Å². The van der Waals surface area contributed by atoms with Gasteiger partial charge >= 0.3 is 39.5 Å². The second kappa shape index (κ2) is 81.4. The summed E-state index contributed by atoms with van der Waals surface area (Å²) < 4.78 is 68.7. The van der Waals surface area contributed by atoms with Crippen LogP contribution in [0.25, 0.3) is 0 Å². The van der Waals surface area contributed by atoms with Crippen LogP contribution in [-0.2, 0) is 65.4 Å². The SMILES string of the molecule is CC/C=C\C/C=C\C/C=C\C/C=C\C/C=C\C/C=C\CCC(=O)OCC(COP(=O)(O)OCC(O)COP(=O)(O)OCC(COC(=O)CCCCC/C=C\C/C=C\C/C=C\C/C=C\C/C=C\CC)OC(=O)CCCCCCCCCCCCCCCCC)OC(=O)CCCCCCCCC/C=C\C/C=C\C/C=C\CC. The number of allylic oxidation sites excluding steroid dienone is 28. The van der Waals surface area contributed by atoms with Crippen molar-refractivity contribution < 1.29 is 80.2 Å². The van der Waals surface area contributed by atoms with Crippen LogP contribution in [0.3, 0.4) is 0 Å². The molecule has 0 aromatic heterocycles. The zero-order valence-electron chi connectivity index (χ0n) is 68.6. The summed E-state index contributed by atoms with van der Waals surface area (Å²) in [6, 6.07) is 0. The second-order valence-corrected chi connectivity index (χ2v) is 30.5. The van der Waals surface area contributed by atoms with E-state index in [1.807, 2.05) is 18.2 Å². The molecule has 0 spiro atoms. The number of esters is 4. The number of phosphoric acid groups is 2. The van der Waals surface area contributed by atoms with Crippen LogP contribution in [0.5, 0.6) is 0 Å². The molecular formula is C91H150O17P2. The lowest BCUT2D eigenvalue weighted by Gasteiger charge is -2.21. The summed E-state index contributed by atoms with van der Waals surface area (Å²) in [6.45, 7) is 4.43. The molecule has 0 amide bonds. The van der Waals surface area contributed by atoms with Crippen molar-refractivity contribution in [3.8, 4) is 0 Å². The molecule has 0 aliphatic rings. The van der Waals surface area contributed by atoms with E-state index < -0.39 is 97.5 Å². The molecule has 0 saturated heterocycles. The zero-order chi connectivity index (χ0) is 80.3. The molecule has 19 heteroatoms. The van der Waals surface area contributed by atoms with Crippen molar-refractivity contribution in [2.24, 2.45) is 0 Å². The van der Waals surface area contributed by atoms with E-state index in [-0.39, 0.29) is 25.7 Å². The van der Waals surface area contributed by atoms with Gasteiger partial charge in [-0.1, -0.05) is 326 Å². The molecule has 0 saturated carbocycles. The Morgan fingerprint density at radius 3 is 0.791 bits per heavy atom. The van der Waals surface area contributed by atoms with E-state index in [0.717, 1.165) is 173 Å². The molecule has 0 aliphatic heterocycles. The van der Waals surface area contributed by atoms with Crippen LogP contribution in [-0.4, -0.2) is 96.7 Å². The second-order valence-electron chi connectivity index (χ2n) is 27.6. The molecule has 0 rings (SSSR count). The van der Waals surface area contributed by atoms with Crippen LogP contribution in [0.4, 0.5) is 0 Å². The first-order valence-corrected chi connectivity index (χ1v) is 45.4. The molecular weight excluding hydrogens is 1430 g/mol. The van der Waals surface area contributed by atoms with Gasteiger partial charge in [-0.15, -0.1) is 0 Å². The topological polar surface area (TPSA) is 237 Å². The standard InChI is InChI=1S/C91H150O17P2/c1-5-9-13-17-21-25-29-33-37-40-42-45-48-51-55-59-63-67-71-75-88(93)101-81-86(107-90(95)77-73-69-65-61-57-53-47-36-32-28-24-20-16-12-8-4)83-105-109(97,98)103-79-85(92)80-104-110(99,100)106-84-87(108-91(96)78-74-70-66-62-58-54-50-44-39-35-31-27-23-19-15-11-7-3)82-102-89(94)76-72-68-64-60-56-52-49-46-43-41-38-34-30-26-22-18-14-10-6-2/h9-11,13-15,21-23,25-27,33-35,37-39,42-43,45-46,51-52,55-56,64,68,85-87,92H,5-8,12,16-20,24,28-32,36,40-41,44,47-50,53-54,57-63,65-67,69-84H2,1-4H3,(H,97,98)(H,99,100)/b13-9-,14-10-,15-11-,25-21-,26-22-,27-23-,37-33-,38-34-,39-35-,45-42-,46-43-,55-51-,56-52-,68-64-. The van der Waals surface area contributed by atoms with Crippen molar-refractivity contribution in [3.63, 3.8) is 0 Å². The molecule has 626 valence electrons. The van der Waals surface area contributed by atoms with Crippen molar-refractivity contribution in [1.29, 1.82) is 0 Å². The minimum Gasteiger partial charge on any atom is -0.462 e. The van der Waals surface area contributed by atoms with Gasteiger partial charge < -0.3 is 33.8 Å². The van der Waals surface area contributed by atoms with E-state index in [4.69, 9.17) is 37.0 Å². The Kier molecular flexibility index (Phi) is 77.3. The fourth-order valence-electron chi connectivity index (χ4n) is 10.9. The summed E-state index contributed by atoms with van der Waals surface area (Å²) >= 11 is 0. The third-order valence-corrected chi connectivity index (χ3v) is 19.1. The molecule has 0 radical (unpaired) electrons. The average molecular weight is 1580 g/mol. The van der Waals surface area contributed by atoms with Crippen LogP contribution in [0.2, 0.25) is 0 Å². The number of carbonyl (C=O) groups excluding carboxylic acids is 4. The Bertz CT molecular complexity index is 2750. The number of carbonyl (C=O) groups is 4. The first-order valence-electron chi connectivity index (χ1n) is 42.4. The lowest BCUT2D eigenvalue weighted by Crippen LogP contribution is -2.30. The summed E-state index contributed by atoms with van der Waals surface area (Å²) in [4.78, 5) is 73.2. The van der Waals surface area contributed by atoms with E-state index in [1.54, 1.807) is 0 Å². The van der Waals surface area contributed by atoms with E-state index in [1.165, 1.54) is 64.2 Å². The maximum Gasteiger partial charge on any atom is 0.472 e. The average Bonchev–Trinajstić information content (AvgIpc) is 0.906. The Balaban J connectivity index is 5.48. The molecule has 0 aliphatic carbocycles. The zero-order valence-corrected chi connectivity index (χ0v) is 70.4. The summed E-state index contributed by atoms with van der Waals surface area (Å²) in [7, 11) is -10.0. The van der Waals surface area contributed by atoms with Crippen molar-refractivity contribution >= 4 is 39.5 Å². The maximum absolute atomic E-state index is 13.1. The van der Waals surface area contributed by atoms with Gasteiger partial charge in [-0.05, 0) is 141 Å². The summed E-state index contributed by atoms with van der Waals surface area (Å²) in [6.07, 6.45) is 97.6. The highest BCUT2D eigenvalue weighted by molar-refractivity contribution is 7.47. The molecule has 17 nitrogen and oxygen atoms in total. The third-order valence-electron chi connectivity index (χ3n) is 17.2. The van der Waals surface area contributed by atoms with Gasteiger partial charge in [-0.3, -0.25) is 37.3 Å². The number of hydrogen-bond donors (Lipinski definition) is 3. The van der Waals surface area contributed by atoms with Gasteiger partial charge in [0.1, 0.15) is 19.3 Å². The van der Waals surface area contributed by atoms with Crippen LogP contribution < -0.4 is 0 Å². The summed E-state index contributed by atoms with van der Waals surface area (Å²) in [5, 5.41) is 10.7. The molecule has 0 aromatic carbocycles. The Morgan fingerprint density at radius 1 is 0.264 bits per heavy atom. The van der Waals surface area contributed by atoms with E-state index in [0.29, 0.717) is 32.1 Å². The van der Waals surface area contributed by atoms with Gasteiger partial charge in [0.05, 0.1) is 26.4 Å². The van der Waals surface area contributed by atoms with Crippen LogP contribution in [0, 0.1) is 0 Å². The molecule has 5 atom stereocenters. The minimum absolute atomic E-state index is 0.0283. The highest BCUT2D eigenvalue weighted by Gasteiger charge is 2.30. The monoisotopic (exact) mass is 1580 g/mol. The number of hydrogen-bond acceptors (Lipinski definition) is 15. The highest BCUT2D eigenvalue weighted by atomic mass is 31.2. The number of aliphatic hydroxyl groups excluding tert-OH is 1. The minimum atomic E-state index is -5.01. The van der Waals surface area contributed by atoms with Crippen LogP contribution >= 0.6 is 15.6 Å². The van der Waals surface area contributed by atoms with Gasteiger partial charge in [0, 0.05) is 25.7 Å². The molecule has 0 aromatic rings. The number of unbranched alkanes of at least 4 members (excludes halogenated alkanes) is 24. The fraction of sp³-hybridized carbons (Fsp3) is 0.648. The number of ether oxygens (including phenoxy) is 4. The number of rotatable bonds is 78. The first-order chi connectivity index (χ1) is 53.7. The molecule has 0 heterocycles. The summed E-state index contributed by atoms with van der Waals surface area (Å²) in [5.74, 6) is -2.32. The maximum atomic E-state index is 13.1. The quantitative estimate of drug-likeness (QED) is 0.0169. The normalized spacial score (nSPS) is 14.6. The van der Waals surface area contributed by atoms with Crippen molar-refractivity contribution in [2.45, 2.75) is 341 Å². The molecule has 3 N–H and O–H groups in total. The molecule has 110 heavy (non-hydrogen) atoms. The van der Waals surface area contributed by atoms with Gasteiger partial charge in [0.15, 0.2) is 12.2 Å². The predicted molar refractivity (Wildman–Crippen MR) is 454 cm³/mol. The van der Waals surface area contributed by atoms with Gasteiger partial charge in [0.2, 0.25) is 0 Å².